The summed E-state index contributed by atoms with van der Waals surface area (Å²) in [5, 5.41) is 0. The topological polar surface area (TPSA) is 38.7 Å². The van der Waals surface area contributed by atoms with Gasteiger partial charge in [0.1, 0.15) is 10.9 Å². The second-order valence-electron chi connectivity index (χ2n) is 3.12. The molecule has 2 aromatic heterocycles. The van der Waals surface area contributed by atoms with E-state index in [1.165, 1.54) is 6.33 Å². The van der Waals surface area contributed by atoms with Crippen LogP contribution >= 0.6 is 15.9 Å². The lowest BCUT2D eigenvalue weighted by atomic mass is 10.1. The molecule has 3 nitrogen and oxygen atoms in total. The average Bonchev–Trinajstić information content (AvgIpc) is 2.30. The first-order chi connectivity index (χ1) is 7.31. The van der Waals surface area contributed by atoms with E-state index in [-0.39, 0.29) is 0 Å². The van der Waals surface area contributed by atoms with Crippen LogP contribution in [0.4, 0.5) is 0 Å². The van der Waals surface area contributed by atoms with Crippen molar-refractivity contribution < 1.29 is 0 Å². The summed E-state index contributed by atoms with van der Waals surface area (Å²) in [5.41, 5.74) is 3.16. The lowest BCUT2D eigenvalue weighted by Crippen LogP contribution is -1.90. The van der Waals surface area contributed by atoms with Crippen molar-refractivity contribution in [2.45, 2.75) is 13.3 Å². The number of hydrogen-bond acceptors (Lipinski definition) is 3. The smallest absolute Gasteiger partial charge is 0.117 e. The van der Waals surface area contributed by atoms with Gasteiger partial charge in [-0.2, -0.15) is 0 Å². The molecule has 0 atom stereocenters. The summed E-state index contributed by atoms with van der Waals surface area (Å²) >= 11 is 3.41. The highest BCUT2D eigenvalue weighted by Gasteiger charge is 2.04. The van der Waals surface area contributed by atoms with E-state index in [2.05, 4.69) is 43.9 Å². The van der Waals surface area contributed by atoms with Gasteiger partial charge in [0, 0.05) is 23.7 Å². The van der Waals surface area contributed by atoms with Crippen molar-refractivity contribution >= 4 is 15.9 Å². The molecule has 15 heavy (non-hydrogen) atoms. The van der Waals surface area contributed by atoms with E-state index in [1.54, 1.807) is 6.20 Å². The van der Waals surface area contributed by atoms with E-state index in [1.807, 2.05) is 12.3 Å². The summed E-state index contributed by atoms with van der Waals surface area (Å²) in [6, 6.07) is 4.02. The second-order valence-corrected chi connectivity index (χ2v) is 3.87. The lowest BCUT2D eigenvalue weighted by Gasteiger charge is -2.03. The van der Waals surface area contributed by atoms with Gasteiger partial charge in [0.2, 0.25) is 0 Å². The first-order valence-corrected chi connectivity index (χ1v) is 5.51. The van der Waals surface area contributed by atoms with Gasteiger partial charge in [-0.3, -0.25) is 4.98 Å². The summed E-state index contributed by atoms with van der Waals surface area (Å²) in [7, 11) is 0. The number of nitrogens with zero attached hydrogens (tertiary/aromatic N) is 3. The van der Waals surface area contributed by atoms with Gasteiger partial charge in [0.25, 0.3) is 0 Å². The Bertz CT molecular complexity index is 471. The van der Waals surface area contributed by atoms with Crippen LogP contribution in [0.2, 0.25) is 0 Å². The van der Waals surface area contributed by atoms with Crippen molar-refractivity contribution in [2.75, 3.05) is 0 Å². The number of hydrogen-bond donors (Lipinski definition) is 0. The minimum atomic E-state index is 0.811. The molecule has 0 radical (unpaired) electrons. The lowest BCUT2D eigenvalue weighted by molar-refractivity contribution is 1.03. The third-order valence-corrected chi connectivity index (χ3v) is 2.79. The van der Waals surface area contributed by atoms with Gasteiger partial charge < -0.3 is 0 Å². The van der Waals surface area contributed by atoms with E-state index in [4.69, 9.17) is 0 Å². The number of aryl methyl sites for hydroxylation is 1. The number of halogens is 1. The van der Waals surface area contributed by atoms with Crippen molar-refractivity contribution in [3.05, 3.63) is 41.2 Å². The highest BCUT2D eigenvalue weighted by molar-refractivity contribution is 9.10. The standard InChI is InChI=1S/C11H10BrN3/c1-2-9-5-8(3-4-14-9)10-6-13-7-15-11(10)12/h3-7H,2H2,1H3. The van der Waals surface area contributed by atoms with Crippen LogP contribution in [0.3, 0.4) is 0 Å². The third-order valence-electron chi connectivity index (χ3n) is 2.15. The maximum Gasteiger partial charge on any atom is 0.117 e. The minimum Gasteiger partial charge on any atom is -0.261 e. The summed E-state index contributed by atoms with van der Waals surface area (Å²) in [6.45, 7) is 2.09. The molecule has 0 saturated carbocycles. The molecule has 2 heterocycles. The van der Waals surface area contributed by atoms with Crippen molar-refractivity contribution in [1.29, 1.82) is 0 Å². The van der Waals surface area contributed by atoms with Crippen LogP contribution in [0, 0.1) is 0 Å². The summed E-state index contributed by atoms with van der Waals surface area (Å²) < 4.78 is 0.811. The van der Waals surface area contributed by atoms with Crippen molar-refractivity contribution in [3.63, 3.8) is 0 Å². The maximum absolute atomic E-state index is 4.26. The van der Waals surface area contributed by atoms with Crippen LogP contribution in [0.5, 0.6) is 0 Å². The van der Waals surface area contributed by atoms with Gasteiger partial charge in [0.15, 0.2) is 0 Å². The fourth-order valence-corrected chi connectivity index (χ4v) is 1.77. The van der Waals surface area contributed by atoms with Crippen molar-refractivity contribution in [3.8, 4) is 11.1 Å². The average molecular weight is 264 g/mol. The van der Waals surface area contributed by atoms with Gasteiger partial charge in [-0.1, -0.05) is 6.92 Å². The molecular weight excluding hydrogens is 254 g/mol. The van der Waals surface area contributed by atoms with Crippen molar-refractivity contribution in [2.24, 2.45) is 0 Å². The van der Waals surface area contributed by atoms with Gasteiger partial charge >= 0.3 is 0 Å². The molecule has 0 saturated heterocycles. The molecule has 0 aromatic carbocycles. The SMILES string of the molecule is CCc1cc(-c2cncnc2Br)ccn1. The van der Waals surface area contributed by atoms with Gasteiger partial charge in [-0.15, -0.1) is 0 Å². The molecule has 4 heteroatoms. The van der Waals surface area contributed by atoms with E-state index in [0.717, 1.165) is 27.8 Å². The van der Waals surface area contributed by atoms with Gasteiger partial charge in [-0.05, 0) is 40.0 Å². The normalized spacial score (nSPS) is 10.3. The van der Waals surface area contributed by atoms with Crippen LogP contribution in [0.15, 0.2) is 35.5 Å². The van der Waals surface area contributed by atoms with Gasteiger partial charge in [0.05, 0.1) is 0 Å². The van der Waals surface area contributed by atoms with Crippen LogP contribution < -0.4 is 0 Å². The zero-order valence-electron chi connectivity index (χ0n) is 8.31. The fourth-order valence-electron chi connectivity index (χ4n) is 1.35. The first kappa shape index (κ1) is 10.2. The van der Waals surface area contributed by atoms with E-state index < -0.39 is 0 Å². The Morgan fingerprint density at radius 1 is 1.33 bits per heavy atom. The van der Waals surface area contributed by atoms with E-state index >= 15 is 0 Å². The van der Waals surface area contributed by atoms with Crippen LogP contribution in [-0.4, -0.2) is 15.0 Å². The van der Waals surface area contributed by atoms with E-state index in [9.17, 15) is 0 Å². The zero-order valence-corrected chi connectivity index (χ0v) is 9.90. The number of pyridine rings is 1. The van der Waals surface area contributed by atoms with Crippen LogP contribution in [0.25, 0.3) is 11.1 Å². The Kier molecular flexibility index (Phi) is 3.06. The highest BCUT2D eigenvalue weighted by atomic mass is 79.9. The summed E-state index contributed by atoms with van der Waals surface area (Å²) in [6.07, 6.45) is 6.06. The number of rotatable bonds is 2. The van der Waals surface area contributed by atoms with E-state index in [0.29, 0.717) is 0 Å². The molecule has 0 aliphatic carbocycles. The second kappa shape index (κ2) is 4.49. The Balaban J connectivity index is 2.49. The highest BCUT2D eigenvalue weighted by Crippen LogP contribution is 2.25. The molecule has 0 aliphatic heterocycles. The summed E-state index contributed by atoms with van der Waals surface area (Å²) in [5.74, 6) is 0. The Labute approximate surface area is 96.7 Å². The molecule has 76 valence electrons. The molecule has 0 N–H and O–H groups in total. The Morgan fingerprint density at radius 3 is 2.93 bits per heavy atom. The molecular formula is C11H10BrN3. The predicted octanol–water partition coefficient (Wildman–Crippen LogP) is 2.86. The zero-order chi connectivity index (χ0) is 10.7. The Morgan fingerprint density at radius 2 is 2.20 bits per heavy atom. The first-order valence-electron chi connectivity index (χ1n) is 4.72. The summed E-state index contributed by atoms with van der Waals surface area (Å²) in [4.78, 5) is 12.4. The minimum absolute atomic E-state index is 0.811. The third kappa shape index (κ3) is 2.21. The maximum atomic E-state index is 4.26. The monoisotopic (exact) mass is 263 g/mol. The molecule has 0 unspecified atom stereocenters. The van der Waals surface area contributed by atoms with Crippen molar-refractivity contribution in [1.82, 2.24) is 15.0 Å². The molecule has 0 bridgehead atoms. The van der Waals surface area contributed by atoms with Gasteiger partial charge in [-0.25, -0.2) is 9.97 Å². The molecule has 2 aromatic rings. The quantitative estimate of drug-likeness (QED) is 0.783. The van der Waals surface area contributed by atoms with Crippen LogP contribution in [-0.2, 0) is 6.42 Å². The largest absolute Gasteiger partial charge is 0.261 e. The fraction of sp³-hybridized carbons (Fsp3) is 0.182. The Hall–Kier alpha value is -1.29. The molecule has 0 fully saturated rings. The van der Waals surface area contributed by atoms with Crippen LogP contribution in [0.1, 0.15) is 12.6 Å². The predicted molar refractivity (Wildman–Crippen MR) is 62.3 cm³/mol. The molecule has 2 rings (SSSR count). The molecule has 0 amide bonds. The molecule has 0 aliphatic rings. The molecule has 0 spiro atoms. The number of aromatic nitrogens is 3.